The van der Waals surface area contributed by atoms with Crippen molar-refractivity contribution in [3.63, 3.8) is 0 Å². The van der Waals surface area contributed by atoms with Crippen molar-refractivity contribution in [2.45, 2.75) is 18.3 Å². The van der Waals surface area contributed by atoms with Crippen LogP contribution in [0.3, 0.4) is 0 Å². The number of fused-ring (bicyclic) bond motifs is 1. The Morgan fingerprint density at radius 3 is 2.52 bits per heavy atom. The molecule has 0 aliphatic heterocycles. The summed E-state index contributed by atoms with van der Waals surface area (Å²) in [6.45, 7) is 0. The van der Waals surface area contributed by atoms with E-state index in [-0.39, 0.29) is 11.0 Å². The molecule has 7 heteroatoms. The molecule has 1 heterocycles. The Morgan fingerprint density at radius 2 is 1.85 bits per heavy atom. The van der Waals surface area contributed by atoms with Gasteiger partial charge in [-0.1, -0.05) is 48.0 Å². The van der Waals surface area contributed by atoms with Gasteiger partial charge in [0.15, 0.2) is 0 Å². The molecule has 1 aromatic heterocycles. The zero-order chi connectivity index (χ0) is 23.2. The van der Waals surface area contributed by atoms with Gasteiger partial charge < -0.3 is 4.90 Å². The minimum atomic E-state index is -0.287. The van der Waals surface area contributed by atoms with Crippen molar-refractivity contribution < 1.29 is 0 Å². The summed E-state index contributed by atoms with van der Waals surface area (Å²) < 4.78 is 1.39. The molecule has 1 aliphatic carbocycles. The first-order chi connectivity index (χ1) is 16.0. The number of nitriles is 1. The van der Waals surface area contributed by atoms with Crippen LogP contribution in [0.15, 0.2) is 66.7 Å². The number of aromatic nitrogens is 2. The Morgan fingerprint density at radius 1 is 1.09 bits per heavy atom. The number of benzene rings is 3. The lowest BCUT2D eigenvalue weighted by Crippen LogP contribution is -2.26. The highest BCUT2D eigenvalue weighted by atomic mass is 35.5. The van der Waals surface area contributed by atoms with E-state index in [1.807, 2.05) is 30.1 Å². The predicted molar refractivity (Wildman–Crippen MR) is 131 cm³/mol. The van der Waals surface area contributed by atoms with Crippen LogP contribution in [0.1, 0.15) is 18.4 Å². The number of hydrogen-bond acceptors (Lipinski definition) is 5. The van der Waals surface area contributed by atoms with Gasteiger partial charge in [-0.2, -0.15) is 10.2 Å². The van der Waals surface area contributed by atoms with Crippen molar-refractivity contribution in [3.8, 4) is 17.2 Å². The minimum Gasteiger partial charge on any atom is -0.329 e. The Balaban J connectivity index is 1.55. The monoisotopic (exact) mass is 452 g/mol. The number of rotatable bonds is 5. The highest BCUT2D eigenvalue weighted by molar-refractivity contribution is 6.31. The molecule has 2 N–H and O–H groups in total. The number of nitrogens with zero attached hydrogens (tertiary/aromatic N) is 4. The van der Waals surface area contributed by atoms with E-state index in [2.05, 4.69) is 47.5 Å². The van der Waals surface area contributed by atoms with Crippen molar-refractivity contribution >= 4 is 40.3 Å². The molecule has 1 fully saturated rings. The topological polar surface area (TPSA) is 92.6 Å². The molecule has 0 unspecified atom stereocenters. The molecule has 0 radical (unpaired) electrons. The first kappa shape index (κ1) is 20.9. The average molecular weight is 453 g/mol. The molecule has 33 heavy (non-hydrogen) atoms. The van der Waals surface area contributed by atoms with Gasteiger partial charge in [0.05, 0.1) is 23.3 Å². The fourth-order valence-corrected chi connectivity index (χ4v) is 4.36. The van der Waals surface area contributed by atoms with Gasteiger partial charge in [-0.05, 0) is 59.9 Å². The number of halogens is 1. The lowest BCUT2D eigenvalue weighted by Gasteiger charge is -2.22. The highest BCUT2D eigenvalue weighted by Crippen LogP contribution is 2.47. The second-order valence-corrected chi connectivity index (χ2v) is 8.74. The second kappa shape index (κ2) is 7.88. The van der Waals surface area contributed by atoms with Crippen LogP contribution in [0.4, 0.5) is 11.5 Å². The molecular weight excluding hydrogens is 432 g/mol. The van der Waals surface area contributed by atoms with Crippen molar-refractivity contribution in [2.75, 3.05) is 11.9 Å². The van der Waals surface area contributed by atoms with Crippen LogP contribution in [0.5, 0.6) is 0 Å². The molecule has 0 saturated heterocycles. The summed E-state index contributed by atoms with van der Waals surface area (Å²) in [5, 5.41) is 26.7. The maximum atomic E-state index is 9.45. The van der Waals surface area contributed by atoms with Crippen LogP contribution in [0, 0.1) is 22.1 Å². The molecular formula is C26H21ClN6. The van der Waals surface area contributed by atoms with Crippen molar-refractivity contribution in [1.29, 1.82) is 16.1 Å². The molecule has 5 rings (SSSR count). The van der Waals surface area contributed by atoms with Crippen LogP contribution >= 0.6 is 11.6 Å². The molecule has 0 atom stereocenters. The van der Waals surface area contributed by atoms with Gasteiger partial charge in [-0.25, -0.2) is 0 Å². The van der Waals surface area contributed by atoms with Gasteiger partial charge in [0.1, 0.15) is 5.82 Å². The standard InChI is InChI=1S/C26H21ClN6/c1-32(24-22-10-9-20(27)14-23(22)33(16-29)25(30)31-24)21-4-2-3-18(13-21)17-5-7-19(8-6-17)26(15-28)11-12-26/h2-10,13-14,16,29-30H,11-12H2,1H3. The molecule has 1 aliphatic rings. The lowest BCUT2D eigenvalue weighted by atomic mass is 9.95. The van der Waals surface area contributed by atoms with Gasteiger partial charge in [0, 0.05) is 23.1 Å². The lowest BCUT2D eigenvalue weighted by molar-refractivity contribution is 0.909. The van der Waals surface area contributed by atoms with Crippen LogP contribution in [0.2, 0.25) is 5.02 Å². The Labute approximate surface area is 196 Å². The third kappa shape index (κ3) is 3.57. The molecule has 0 bridgehead atoms. The minimum absolute atomic E-state index is 0.0418. The van der Waals surface area contributed by atoms with E-state index in [0.29, 0.717) is 16.4 Å². The fraction of sp³-hybridized carbons (Fsp3) is 0.154. The van der Waals surface area contributed by atoms with Gasteiger partial charge in [-0.15, -0.1) is 0 Å². The highest BCUT2D eigenvalue weighted by Gasteiger charge is 2.44. The van der Waals surface area contributed by atoms with Crippen molar-refractivity contribution in [3.05, 3.63) is 82.9 Å². The van der Waals surface area contributed by atoms with Gasteiger partial charge >= 0.3 is 0 Å². The third-order valence-electron chi connectivity index (χ3n) is 6.32. The Hall–Kier alpha value is -3.95. The zero-order valence-electron chi connectivity index (χ0n) is 18.0. The molecule has 0 spiro atoms. The first-order valence-electron chi connectivity index (χ1n) is 10.6. The van der Waals surface area contributed by atoms with Crippen LogP contribution < -0.4 is 10.5 Å². The summed E-state index contributed by atoms with van der Waals surface area (Å²) in [6.07, 6.45) is 2.94. The van der Waals surface area contributed by atoms with Crippen LogP contribution in [-0.4, -0.2) is 22.9 Å². The molecule has 3 aromatic carbocycles. The number of hydrogen-bond donors (Lipinski definition) is 2. The van der Waals surface area contributed by atoms with Crippen LogP contribution in [-0.2, 0) is 5.41 Å². The van der Waals surface area contributed by atoms with E-state index >= 15 is 0 Å². The maximum Gasteiger partial charge on any atom is 0.229 e. The fourth-order valence-electron chi connectivity index (χ4n) is 4.20. The molecule has 0 amide bonds. The summed E-state index contributed by atoms with van der Waals surface area (Å²) in [5.41, 5.74) is 4.45. The van der Waals surface area contributed by atoms with Crippen LogP contribution in [0.25, 0.3) is 22.0 Å². The summed E-state index contributed by atoms with van der Waals surface area (Å²) in [6, 6.07) is 24.2. The Kier molecular flexibility index (Phi) is 4.99. The van der Waals surface area contributed by atoms with E-state index in [0.717, 1.165) is 46.9 Å². The predicted octanol–water partition coefficient (Wildman–Crippen LogP) is 5.61. The summed E-state index contributed by atoms with van der Waals surface area (Å²) in [7, 11) is 1.91. The van der Waals surface area contributed by atoms with Crippen molar-refractivity contribution in [1.82, 2.24) is 9.55 Å². The third-order valence-corrected chi connectivity index (χ3v) is 6.55. The maximum absolute atomic E-state index is 9.45. The summed E-state index contributed by atoms with van der Waals surface area (Å²) in [4.78, 5) is 6.41. The average Bonchev–Trinajstić information content (AvgIpc) is 3.65. The molecule has 162 valence electrons. The number of nitrogens with one attached hydrogen (secondary N) is 2. The quantitative estimate of drug-likeness (QED) is 0.304. The Bertz CT molecular complexity index is 1490. The van der Waals surface area contributed by atoms with E-state index in [1.165, 1.54) is 4.57 Å². The molecule has 1 saturated carbocycles. The normalized spacial score (nSPS) is 14.0. The largest absolute Gasteiger partial charge is 0.329 e. The SMILES string of the molecule is CN(c1cccc(-c2ccc(C3(C#N)CC3)cc2)c1)c1nc(=N)n(C=N)c2cc(Cl)ccc12. The molecule has 6 nitrogen and oxygen atoms in total. The van der Waals surface area contributed by atoms with Gasteiger partial charge in [0.2, 0.25) is 5.62 Å². The van der Waals surface area contributed by atoms with E-state index in [9.17, 15) is 5.26 Å². The van der Waals surface area contributed by atoms with Crippen molar-refractivity contribution in [2.24, 2.45) is 0 Å². The van der Waals surface area contributed by atoms with E-state index in [4.69, 9.17) is 22.4 Å². The summed E-state index contributed by atoms with van der Waals surface area (Å²) >= 11 is 6.19. The summed E-state index contributed by atoms with van der Waals surface area (Å²) in [5.74, 6) is 0.613. The van der Waals surface area contributed by atoms with E-state index < -0.39 is 0 Å². The first-order valence-corrected chi connectivity index (χ1v) is 11.0. The van der Waals surface area contributed by atoms with Gasteiger partial charge in [0.25, 0.3) is 0 Å². The second-order valence-electron chi connectivity index (χ2n) is 8.30. The van der Waals surface area contributed by atoms with E-state index in [1.54, 1.807) is 12.1 Å². The zero-order valence-corrected chi connectivity index (χ0v) is 18.8. The molecule has 4 aromatic rings. The number of anilines is 2. The smallest absolute Gasteiger partial charge is 0.229 e. The van der Waals surface area contributed by atoms with Gasteiger partial charge in [-0.3, -0.25) is 15.4 Å².